The van der Waals surface area contributed by atoms with Gasteiger partial charge >= 0.3 is 12.3 Å². The highest BCUT2D eigenvalue weighted by Gasteiger charge is 2.36. The number of benzene rings is 2. The van der Waals surface area contributed by atoms with Gasteiger partial charge in [0.2, 0.25) is 5.13 Å². The van der Waals surface area contributed by atoms with Crippen molar-refractivity contribution < 1.29 is 41.5 Å². The number of hydrogen-bond donors (Lipinski definition) is 1. The first-order valence-electron chi connectivity index (χ1n) is 14.0. The van der Waals surface area contributed by atoms with Crippen molar-refractivity contribution >= 4 is 38.9 Å². The monoisotopic (exact) mass is 617 g/mol. The summed E-state index contributed by atoms with van der Waals surface area (Å²) in [5.74, 6) is -1.07. The number of hydrogen-bond acceptors (Lipinski definition) is 8. The van der Waals surface area contributed by atoms with Crippen molar-refractivity contribution in [2.45, 2.75) is 69.9 Å². The van der Waals surface area contributed by atoms with E-state index < -0.39 is 18.1 Å². The summed E-state index contributed by atoms with van der Waals surface area (Å²) in [5.41, 5.74) is 0.929. The van der Waals surface area contributed by atoms with Crippen molar-refractivity contribution in [1.82, 2.24) is 10.1 Å². The minimum absolute atomic E-state index is 0.0618. The molecule has 0 spiro atoms. The number of carbonyl (C=O) groups is 1. The fourth-order valence-corrected chi connectivity index (χ4v) is 6.04. The maximum Gasteiger partial charge on any atom is 0.573 e. The number of thiazole rings is 1. The molecule has 2 fully saturated rings. The standard InChI is InChI=1S/C30H27F4N3O5S/c31-22-13-18(28(38)39)14-24-26(22)36-29(43-24)35-11-10-19(12-16-4-3-5-16)40-15-21-25(37-42-27(21)17-8-9-17)20-6-1-2-7-23(20)41-30(32,33)34/h1-2,6-7,11,13-14,16-17,19H,3-5,8-10,12,15H2,(H,38,39)/b35-11+/t19-/m1/s1. The molecule has 43 heavy (non-hydrogen) atoms. The quantitative estimate of drug-likeness (QED) is 0.126. The molecule has 2 heterocycles. The summed E-state index contributed by atoms with van der Waals surface area (Å²) in [4.78, 5) is 19.9. The molecule has 8 nitrogen and oxygen atoms in total. The van der Waals surface area contributed by atoms with Crippen LogP contribution in [-0.2, 0) is 11.3 Å². The topological polar surface area (TPSA) is 107 Å². The number of nitrogens with zero attached hydrogens (tertiary/aromatic N) is 3. The normalized spacial score (nSPS) is 16.6. The van der Waals surface area contributed by atoms with Gasteiger partial charge in [0, 0.05) is 29.7 Å². The van der Waals surface area contributed by atoms with Gasteiger partial charge in [-0.05, 0) is 49.4 Å². The van der Waals surface area contributed by atoms with Gasteiger partial charge in [-0.1, -0.05) is 47.9 Å². The van der Waals surface area contributed by atoms with Crippen LogP contribution in [0.25, 0.3) is 21.5 Å². The second-order valence-corrected chi connectivity index (χ2v) is 11.8. The summed E-state index contributed by atoms with van der Waals surface area (Å²) in [6.45, 7) is 0.0839. The molecule has 6 rings (SSSR count). The molecule has 2 aromatic heterocycles. The van der Waals surface area contributed by atoms with Crippen molar-refractivity contribution in [3.63, 3.8) is 0 Å². The molecule has 226 valence electrons. The third kappa shape index (κ3) is 6.88. The Labute approximate surface area is 247 Å². The fourth-order valence-electron chi connectivity index (χ4n) is 5.15. The number of carboxylic acids is 1. The lowest BCUT2D eigenvalue weighted by atomic mass is 9.81. The van der Waals surface area contributed by atoms with E-state index in [2.05, 4.69) is 19.9 Å². The van der Waals surface area contributed by atoms with Crippen molar-refractivity contribution in [1.29, 1.82) is 0 Å². The molecule has 0 aliphatic heterocycles. The van der Waals surface area contributed by atoms with E-state index in [0.717, 1.165) is 55.9 Å². The highest BCUT2D eigenvalue weighted by molar-refractivity contribution is 7.22. The highest BCUT2D eigenvalue weighted by atomic mass is 32.1. The van der Waals surface area contributed by atoms with Crippen LogP contribution >= 0.6 is 11.3 Å². The second-order valence-electron chi connectivity index (χ2n) is 10.8. The van der Waals surface area contributed by atoms with Crippen LogP contribution in [0.3, 0.4) is 0 Å². The van der Waals surface area contributed by atoms with E-state index in [1.807, 2.05) is 0 Å². The molecular formula is C30H27F4N3O5S. The van der Waals surface area contributed by atoms with Crippen LogP contribution in [0, 0.1) is 11.7 Å². The first-order valence-corrected chi connectivity index (χ1v) is 14.8. The lowest BCUT2D eigenvalue weighted by Gasteiger charge is -2.29. The summed E-state index contributed by atoms with van der Waals surface area (Å²) >= 11 is 1.09. The number of aromatic carboxylic acids is 1. The molecular weight excluding hydrogens is 590 g/mol. The van der Waals surface area contributed by atoms with Crippen molar-refractivity contribution in [3.05, 3.63) is 59.1 Å². The predicted molar refractivity (Wildman–Crippen MR) is 150 cm³/mol. The molecule has 2 saturated carbocycles. The lowest BCUT2D eigenvalue weighted by Crippen LogP contribution is -2.22. The molecule has 0 bridgehead atoms. The van der Waals surface area contributed by atoms with Gasteiger partial charge in [0.1, 0.15) is 22.7 Å². The number of carboxylic acid groups (broad SMARTS) is 1. The summed E-state index contributed by atoms with van der Waals surface area (Å²) in [6, 6.07) is 8.13. The van der Waals surface area contributed by atoms with Crippen LogP contribution < -0.4 is 4.74 Å². The number of halogens is 4. The Bertz CT molecular complexity index is 1660. The summed E-state index contributed by atoms with van der Waals surface area (Å²) in [5, 5.41) is 13.6. The molecule has 0 saturated heterocycles. The van der Waals surface area contributed by atoms with Gasteiger partial charge in [0.25, 0.3) is 0 Å². The van der Waals surface area contributed by atoms with Gasteiger partial charge in [-0.2, -0.15) is 0 Å². The van der Waals surface area contributed by atoms with Crippen LogP contribution in [0.15, 0.2) is 45.9 Å². The van der Waals surface area contributed by atoms with Gasteiger partial charge in [-0.25, -0.2) is 19.2 Å². The predicted octanol–water partition coefficient (Wildman–Crippen LogP) is 8.43. The number of ether oxygens (including phenoxy) is 2. The van der Waals surface area contributed by atoms with Crippen LogP contribution in [-0.4, -0.2) is 39.9 Å². The Balaban J connectivity index is 1.21. The van der Waals surface area contributed by atoms with E-state index in [9.17, 15) is 27.5 Å². The van der Waals surface area contributed by atoms with E-state index >= 15 is 0 Å². The summed E-state index contributed by atoms with van der Waals surface area (Å²) in [7, 11) is 0. The largest absolute Gasteiger partial charge is 0.573 e. The molecule has 4 aromatic rings. The maximum atomic E-state index is 14.4. The maximum absolute atomic E-state index is 14.4. The zero-order valence-corrected chi connectivity index (χ0v) is 23.6. The van der Waals surface area contributed by atoms with Gasteiger partial charge in [-0.15, -0.1) is 13.2 Å². The Hall–Kier alpha value is -3.84. The summed E-state index contributed by atoms with van der Waals surface area (Å²) in [6.07, 6.45) is 2.86. The smallest absolute Gasteiger partial charge is 0.478 e. The van der Waals surface area contributed by atoms with Crippen molar-refractivity contribution in [2.24, 2.45) is 10.9 Å². The van der Waals surface area contributed by atoms with Crippen LogP contribution in [0.1, 0.15) is 72.5 Å². The Morgan fingerprint density at radius 2 is 2.00 bits per heavy atom. The van der Waals surface area contributed by atoms with Gasteiger partial charge in [-0.3, -0.25) is 0 Å². The molecule has 2 aliphatic rings. The zero-order valence-electron chi connectivity index (χ0n) is 22.8. The molecule has 2 aromatic carbocycles. The number of aliphatic imine (C=N–C) groups is 1. The zero-order chi connectivity index (χ0) is 30.1. The van der Waals surface area contributed by atoms with Gasteiger partial charge in [0.05, 0.1) is 23.0 Å². The van der Waals surface area contributed by atoms with E-state index in [4.69, 9.17) is 9.26 Å². The number of alkyl halides is 3. The van der Waals surface area contributed by atoms with E-state index in [-0.39, 0.29) is 51.8 Å². The second kappa shape index (κ2) is 12.0. The Kier molecular flexibility index (Phi) is 8.19. The molecule has 0 amide bonds. The average molecular weight is 618 g/mol. The van der Waals surface area contributed by atoms with Crippen LogP contribution in [0.4, 0.5) is 22.7 Å². The van der Waals surface area contributed by atoms with E-state index in [1.165, 1.54) is 24.3 Å². The van der Waals surface area contributed by atoms with Gasteiger partial charge in [0.15, 0.2) is 5.82 Å². The summed E-state index contributed by atoms with van der Waals surface area (Å²) < 4.78 is 70.4. The number of rotatable bonds is 12. The van der Waals surface area contributed by atoms with E-state index in [1.54, 1.807) is 12.3 Å². The van der Waals surface area contributed by atoms with Crippen molar-refractivity contribution in [2.75, 3.05) is 0 Å². The first kappa shape index (κ1) is 29.2. The highest BCUT2D eigenvalue weighted by Crippen LogP contribution is 2.46. The number of aromatic nitrogens is 2. The number of fused-ring (bicyclic) bond motifs is 1. The average Bonchev–Trinajstić information content (AvgIpc) is 3.54. The molecule has 1 atom stereocenters. The molecule has 0 radical (unpaired) electrons. The minimum Gasteiger partial charge on any atom is -0.478 e. The molecule has 0 unspecified atom stereocenters. The first-order chi connectivity index (χ1) is 20.6. The molecule has 2 aliphatic carbocycles. The Morgan fingerprint density at radius 3 is 2.70 bits per heavy atom. The molecule has 1 N–H and O–H groups in total. The molecule has 13 heteroatoms. The fraction of sp³-hybridized carbons (Fsp3) is 0.400. The lowest BCUT2D eigenvalue weighted by molar-refractivity contribution is -0.274. The van der Waals surface area contributed by atoms with Gasteiger partial charge < -0.3 is 19.1 Å². The van der Waals surface area contributed by atoms with Crippen molar-refractivity contribution in [3.8, 4) is 17.0 Å². The SMILES string of the molecule is O=C(O)c1cc(F)c2nc(/N=C/C[C@H](CC3CCC3)OCc3c(-c4ccccc4OC(F)(F)F)noc3C3CC3)sc2c1. The number of para-hydroxylation sites is 1. The van der Waals surface area contributed by atoms with Crippen LogP contribution in [0.2, 0.25) is 0 Å². The third-order valence-electron chi connectivity index (χ3n) is 7.67. The van der Waals surface area contributed by atoms with E-state index in [0.29, 0.717) is 28.4 Å². The Morgan fingerprint density at radius 1 is 1.21 bits per heavy atom. The van der Waals surface area contributed by atoms with Crippen LogP contribution in [0.5, 0.6) is 5.75 Å². The minimum atomic E-state index is -4.86. The third-order valence-corrected chi connectivity index (χ3v) is 8.58.